The Hall–Kier alpha value is -2.14. The molecule has 5 heteroatoms. The number of nitrogens with zero attached hydrogens (tertiary/aromatic N) is 2. The Bertz CT molecular complexity index is 808. The summed E-state index contributed by atoms with van der Waals surface area (Å²) in [5.74, 6) is 0.672. The van der Waals surface area contributed by atoms with Crippen molar-refractivity contribution < 1.29 is 5.11 Å². The van der Waals surface area contributed by atoms with Crippen LogP contribution in [0.25, 0.3) is 5.57 Å². The zero-order valence-electron chi connectivity index (χ0n) is 13.0. The predicted octanol–water partition coefficient (Wildman–Crippen LogP) is 4.09. The van der Waals surface area contributed by atoms with E-state index in [0.29, 0.717) is 18.0 Å². The van der Waals surface area contributed by atoms with Gasteiger partial charge in [-0.25, -0.2) is 4.98 Å². The lowest BCUT2D eigenvalue weighted by atomic mass is 9.87. The molecule has 0 saturated heterocycles. The molecule has 2 aliphatic rings. The van der Waals surface area contributed by atoms with E-state index >= 15 is 0 Å². The molecule has 4 rings (SSSR count). The Labute approximate surface area is 139 Å². The molecule has 2 N–H and O–H groups in total. The van der Waals surface area contributed by atoms with Gasteiger partial charge in [0.1, 0.15) is 16.6 Å². The molecule has 0 amide bonds. The smallest absolute Gasteiger partial charge is 0.135 e. The SMILES string of the molecule is Cc1csc(C2=C(O)CN([C@@H]3CCCc4ccccc43)C2=N)n1. The molecule has 2 aromatic rings. The van der Waals surface area contributed by atoms with E-state index in [-0.39, 0.29) is 11.8 Å². The Balaban J connectivity index is 1.68. The van der Waals surface area contributed by atoms with E-state index in [1.165, 1.54) is 22.5 Å². The first kappa shape index (κ1) is 14.5. The van der Waals surface area contributed by atoms with Crippen LogP contribution < -0.4 is 0 Å². The van der Waals surface area contributed by atoms with E-state index in [1.54, 1.807) is 0 Å². The van der Waals surface area contributed by atoms with Crippen LogP contribution in [-0.4, -0.2) is 27.4 Å². The van der Waals surface area contributed by atoms with Crippen LogP contribution in [-0.2, 0) is 6.42 Å². The van der Waals surface area contributed by atoms with Crippen LogP contribution in [0.15, 0.2) is 35.4 Å². The number of benzene rings is 1. The fourth-order valence-electron chi connectivity index (χ4n) is 3.61. The largest absolute Gasteiger partial charge is 0.510 e. The zero-order valence-corrected chi connectivity index (χ0v) is 13.9. The normalized spacial score (nSPS) is 21.0. The average Bonchev–Trinajstić information content (AvgIpc) is 3.10. The van der Waals surface area contributed by atoms with Crippen LogP contribution in [0.3, 0.4) is 0 Å². The number of amidine groups is 1. The van der Waals surface area contributed by atoms with E-state index in [1.807, 2.05) is 17.2 Å². The number of fused-ring (bicyclic) bond motifs is 1. The minimum Gasteiger partial charge on any atom is -0.510 e. The first-order valence-electron chi connectivity index (χ1n) is 7.93. The summed E-state index contributed by atoms with van der Waals surface area (Å²) in [6.07, 6.45) is 3.25. The van der Waals surface area contributed by atoms with Crippen LogP contribution >= 0.6 is 11.3 Å². The number of aliphatic hydroxyl groups is 1. The number of hydrogen-bond donors (Lipinski definition) is 2. The molecule has 1 aromatic heterocycles. The summed E-state index contributed by atoms with van der Waals surface area (Å²) in [4.78, 5) is 6.48. The lowest BCUT2D eigenvalue weighted by Gasteiger charge is -2.34. The Morgan fingerprint density at radius 3 is 2.96 bits per heavy atom. The maximum absolute atomic E-state index is 10.4. The fraction of sp³-hybridized carbons (Fsp3) is 0.333. The van der Waals surface area contributed by atoms with Crippen molar-refractivity contribution in [3.8, 4) is 0 Å². The van der Waals surface area contributed by atoms with Gasteiger partial charge in [-0.2, -0.15) is 0 Å². The van der Waals surface area contributed by atoms with Crippen molar-refractivity contribution in [1.29, 1.82) is 5.41 Å². The first-order chi connectivity index (χ1) is 11.1. The Kier molecular flexibility index (Phi) is 3.45. The molecule has 23 heavy (non-hydrogen) atoms. The molecular weight excluding hydrogens is 306 g/mol. The lowest BCUT2D eigenvalue weighted by Crippen LogP contribution is -2.33. The summed E-state index contributed by atoms with van der Waals surface area (Å²) in [6.45, 7) is 2.34. The van der Waals surface area contributed by atoms with Crippen molar-refractivity contribution >= 4 is 22.7 Å². The second kappa shape index (κ2) is 5.49. The Morgan fingerprint density at radius 2 is 2.17 bits per heavy atom. The summed E-state index contributed by atoms with van der Waals surface area (Å²) in [5, 5.41) is 21.7. The first-order valence-corrected chi connectivity index (χ1v) is 8.81. The molecule has 0 spiro atoms. The van der Waals surface area contributed by atoms with Crippen LogP contribution in [0.4, 0.5) is 0 Å². The highest BCUT2D eigenvalue weighted by Crippen LogP contribution is 2.40. The van der Waals surface area contributed by atoms with Gasteiger partial charge in [0.15, 0.2) is 0 Å². The lowest BCUT2D eigenvalue weighted by molar-refractivity contribution is 0.274. The second-order valence-electron chi connectivity index (χ2n) is 6.20. The number of nitrogens with one attached hydrogen (secondary N) is 1. The van der Waals surface area contributed by atoms with Crippen molar-refractivity contribution in [2.24, 2.45) is 0 Å². The molecule has 2 heterocycles. The van der Waals surface area contributed by atoms with Gasteiger partial charge >= 0.3 is 0 Å². The highest BCUT2D eigenvalue weighted by atomic mass is 32.1. The maximum atomic E-state index is 10.4. The molecule has 0 radical (unpaired) electrons. The summed E-state index contributed by atoms with van der Waals surface area (Å²) in [6, 6.07) is 8.66. The number of aliphatic hydroxyl groups excluding tert-OH is 1. The minimum absolute atomic E-state index is 0.174. The number of aryl methyl sites for hydroxylation is 2. The van der Waals surface area contributed by atoms with E-state index in [9.17, 15) is 5.11 Å². The van der Waals surface area contributed by atoms with Crippen LogP contribution in [0.1, 0.15) is 40.7 Å². The van der Waals surface area contributed by atoms with Gasteiger partial charge in [-0.3, -0.25) is 5.41 Å². The minimum atomic E-state index is 0.174. The molecule has 1 aliphatic carbocycles. The van der Waals surface area contributed by atoms with E-state index < -0.39 is 0 Å². The standard InChI is InChI=1S/C18H19N3OS/c1-11-10-23-18(20-11)16-15(22)9-21(17(16)19)14-8-4-6-12-5-2-3-7-13(12)14/h2-3,5,7,10,14,19,22H,4,6,8-9H2,1H3/t14-/m1/s1. The van der Waals surface area contributed by atoms with Crippen molar-refractivity contribution in [2.75, 3.05) is 6.54 Å². The maximum Gasteiger partial charge on any atom is 0.135 e. The van der Waals surface area contributed by atoms with Crippen molar-refractivity contribution in [1.82, 2.24) is 9.88 Å². The summed E-state index contributed by atoms with van der Waals surface area (Å²) in [5.41, 5.74) is 4.20. The Morgan fingerprint density at radius 1 is 1.35 bits per heavy atom. The molecule has 1 aromatic carbocycles. The monoisotopic (exact) mass is 325 g/mol. The topological polar surface area (TPSA) is 60.2 Å². The number of thiazole rings is 1. The summed E-state index contributed by atoms with van der Waals surface area (Å²) >= 11 is 1.49. The van der Waals surface area contributed by atoms with Gasteiger partial charge in [0.2, 0.25) is 0 Å². The zero-order chi connectivity index (χ0) is 16.0. The third kappa shape index (κ3) is 2.36. The highest BCUT2D eigenvalue weighted by Gasteiger charge is 2.36. The molecule has 1 atom stereocenters. The van der Waals surface area contributed by atoms with E-state index in [0.717, 1.165) is 30.0 Å². The molecule has 0 bridgehead atoms. The molecule has 0 saturated carbocycles. The van der Waals surface area contributed by atoms with Gasteiger partial charge in [-0.1, -0.05) is 24.3 Å². The van der Waals surface area contributed by atoms with Gasteiger partial charge in [0, 0.05) is 11.1 Å². The highest BCUT2D eigenvalue weighted by molar-refractivity contribution is 7.11. The number of rotatable bonds is 2. The summed E-state index contributed by atoms with van der Waals surface area (Å²) < 4.78 is 0. The summed E-state index contributed by atoms with van der Waals surface area (Å²) in [7, 11) is 0. The quantitative estimate of drug-likeness (QED) is 0.874. The fourth-order valence-corrected chi connectivity index (χ4v) is 4.48. The molecule has 1 aliphatic heterocycles. The second-order valence-corrected chi connectivity index (χ2v) is 7.06. The number of aromatic nitrogens is 1. The van der Waals surface area contributed by atoms with Crippen LogP contribution in [0, 0.1) is 12.3 Å². The molecular formula is C18H19N3OS. The molecule has 4 nitrogen and oxygen atoms in total. The third-order valence-electron chi connectivity index (χ3n) is 4.68. The molecule has 0 fully saturated rings. The van der Waals surface area contributed by atoms with E-state index in [4.69, 9.17) is 5.41 Å². The van der Waals surface area contributed by atoms with Gasteiger partial charge in [0.05, 0.1) is 18.2 Å². The van der Waals surface area contributed by atoms with Gasteiger partial charge < -0.3 is 10.0 Å². The van der Waals surface area contributed by atoms with Gasteiger partial charge in [-0.05, 0) is 37.3 Å². The third-order valence-corrected chi connectivity index (χ3v) is 5.66. The van der Waals surface area contributed by atoms with Gasteiger partial charge in [-0.15, -0.1) is 11.3 Å². The van der Waals surface area contributed by atoms with E-state index in [2.05, 4.69) is 29.2 Å². The average molecular weight is 325 g/mol. The van der Waals surface area contributed by atoms with Crippen LogP contribution in [0.5, 0.6) is 0 Å². The number of hydrogen-bond acceptors (Lipinski definition) is 4. The van der Waals surface area contributed by atoms with Gasteiger partial charge in [0.25, 0.3) is 0 Å². The van der Waals surface area contributed by atoms with Crippen molar-refractivity contribution in [3.05, 3.63) is 57.2 Å². The predicted molar refractivity (Wildman–Crippen MR) is 93.0 cm³/mol. The molecule has 118 valence electrons. The van der Waals surface area contributed by atoms with Crippen LogP contribution in [0.2, 0.25) is 0 Å². The van der Waals surface area contributed by atoms with Crippen molar-refractivity contribution in [3.63, 3.8) is 0 Å². The molecule has 0 unspecified atom stereocenters. The van der Waals surface area contributed by atoms with Crippen molar-refractivity contribution in [2.45, 2.75) is 32.2 Å².